The fraction of sp³-hybridized carbons (Fsp3) is 0.923. The van der Waals surface area contributed by atoms with Crippen molar-refractivity contribution in [3.8, 4) is 0 Å². The Kier molecular flexibility index (Phi) is 4.08. The second kappa shape index (κ2) is 5.55. The van der Waals surface area contributed by atoms with Gasteiger partial charge in [0.2, 0.25) is 0 Å². The van der Waals surface area contributed by atoms with Gasteiger partial charge in [0.1, 0.15) is 0 Å². The maximum Gasteiger partial charge on any atom is 0.315 e. The van der Waals surface area contributed by atoms with Crippen molar-refractivity contribution in [2.45, 2.75) is 76.3 Å². The van der Waals surface area contributed by atoms with Crippen molar-refractivity contribution < 1.29 is 4.79 Å². The molecule has 0 aromatic rings. The summed E-state index contributed by atoms with van der Waals surface area (Å²) in [5.74, 6) is 0. The molecule has 16 heavy (non-hydrogen) atoms. The fourth-order valence-corrected chi connectivity index (χ4v) is 3.38. The Morgan fingerprint density at radius 2 is 1.19 bits per heavy atom. The van der Waals surface area contributed by atoms with Gasteiger partial charge in [-0.05, 0) is 25.7 Å². The first kappa shape index (κ1) is 11.7. The largest absolute Gasteiger partial charge is 0.351 e. The van der Waals surface area contributed by atoms with Gasteiger partial charge in [-0.2, -0.15) is 0 Å². The van der Waals surface area contributed by atoms with E-state index in [1.807, 2.05) is 4.90 Å². The third kappa shape index (κ3) is 2.69. The minimum atomic E-state index is -0.182. The van der Waals surface area contributed by atoms with E-state index in [1.165, 1.54) is 64.2 Å². The summed E-state index contributed by atoms with van der Waals surface area (Å²) in [4.78, 5) is 13.7. The number of nitrogens with two attached hydrogens (primary N) is 1. The first-order valence-electron chi connectivity index (χ1n) is 6.87. The van der Waals surface area contributed by atoms with Gasteiger partial charge in [-0.25, -0.2) is 4.79 Å². The van der Waals surface area contributed by atoms with Crippen LogP contribution in [-0.2, 0) is 0 Å². The van der Waals surface area contributed by atoms with Gasteiger partial charge in [-0.1, -0.05) is 38.5 Å². The summed E-state index contributed by atoms with van der Waals surface area (Å²) in [5, 5.41) is 0. The summed E-state index contributed by atoms with van der Waals surface area (Å²) in [6.45, 7) is 0. The minimum Gasteiger partial charge on any atom is -0.351 e. The predicted molar refractivity (Wildman–Crippen MR) is 65.2 cm³/mol. The van der Waals surface area contributed by atoms with Gasteiger partial charge in [0.25, 0.3) is 0 Å². The van der Waals surface area contributed by atoms with Gasteiger partial charge in [-0.15, -0.1) is 0 Å². The third-order valence-electron chi connectivity index (χ3n) is 4.19. The van der Waals surface area contributed by atoms with Gasteiger partial charge >= 0.3 is 6.03 Å². The Balaban J connectivity index is 1.99. The van der Waals surface area contributed by atoms with Crippen LogP contribution in [0.15, 0.2) is 0 Å². The number of nitrogens with zero attached hydrogens (tertiary/aromatic N) is 1. The zero-order valence-electron chi connectivity index (χ0n) is 10.2. The molecule has 2 N–H and O–H groups in total. The van der Waals surface area contributed by atoms with Gasteiger partial charge < -0.3 is 10.6 Å². The molecule has 2 aliphatic rings. The van der Waals surface area contributed by atoms with E-state index in [-0.39, 0.29) is 6.03 Å². The molecule has 2 saturated carbocycles. The summed E-state index contributed by atoms with van der Waals surface area (Å²) in [7, 11) is 0. The van der Waals surface area contributed by atoms with Crippen molar-refractivity contribution in [3.63, 3.8) is 0 Å². The van der Waals surface area contributed by atoms with Crippen LogP contribution in [0.5, 0.6) is 0 Å². The quantitative estimate of drug-likeness (QED) is 0.770. The minimum absolute atomic E-state index is 0.182. The second-order valence-electron chi connectivity index (χ2n) is 5.33. The van der Waals surface area contributed by atoms with E-state index < -0.39 is 0 Å². The maximum atomic E-state index is 11.6. The summed E-state index contributed by atoms with van der Waals surface area (Å²) >= 11 is 0. The van der Waals surface area contributed by atoms with Crippen molar-refractivity contribution in [1.82, 2.24) is 4.90 Å². The molecule has 0 aromatic heterocycles. The van der Waals surface area contributed by atoms with Crippen LogP contribution in [0.2, 0.25) is 0 Å². The highest BCUT2D eigenvalue weighted by Crippen LogP contribution is 2.29. The van der Waals surface area contributed by atoms with Crippen molar-refractivity contribution in [3.05, 3.63) is 0 Å². The summed E-state index contributed by atoms with van der Waals surface area (Å²) in [5.41, 5.74) is 5.59. The van der Waals surface area contributed by atoms with E-state index in [2.05, 4.69) is 0 Å². The number of urea groups is 1. The van der Waals surface area contributed by atoms with Crippen molar-refractivity contribution in [1.29, 1.82) is 0 Å². The zero-order chi connectivity index (χ0) is 11.4. The zero-order valence-corrected chi connectivity index (χ0v) is 10.2. The molecule has 0 radical (unpaired) electrons. The monoisotopic (exact) mass is 224 g/mol. The number of carbonyl (C=O) groups excluding carboxylic acids is 1. The van der Waals surface area contributed by atoms with Crippen LogP contribution in [0.25, 0.3) is 0 Å². The lowest BCUT2D eigenvalue weighted by Gasteiger charge is -2.40. The van der Waals surface area contributed by atoms with Crippen LogP contribution in [0.1, 0.15) is 64.2 Å². The standard InChI is InChI=1S/C13H24N2O/c14-13(16)15(11-7-3-1-4-8-11)12-9-5-2-6-10-12/h11-12H,1-10H2,(H2,14,16). The molecule has 2 rings (SSSR count). The molecule has 2 amide bonds. The van der Waals surface area contributed by atoms with Crippen molar-refractivity contribution in [2.24, 2.45) is 5.73 Å². The normalized spacial score (nSPS) is 24.2. The number of carbonyl (C=O) groups is 1. The van der Waals surface area contributed by atoms with Crippen LogP contribution in [0.3, 0.4) is 0 Å². The lowest BCUT2D eigenvalue weighted by molar-refractivity contribution is 0.111. The van der Waals surface area contributed by atoms with Gasteiger partial charge in [-0.3, -0.25) is 0 Å². The van der Waals surface area contributed by atoms with Crippen LogP contribution >= 0.6 is 0 Å². The highest BCUT2D eigenvalue weighted by atomic mass is 16.2. The fourth-order valence-electron chi connectivity index (χ4n) is 3.38. The topological polar surface area (TPSA) is 46.3 Å². The molecular formula is C13H24N2O. The molecule has 0 aromatic carbocycles. The molecule has 0 unspecified atom stereocenters. The maximum absolute atomic E-state index is 11.6. The van der Waals surface area contributed by atoms with E-state index in [4.69, 9.17) is 5.73 Å². The van der Waals surface area contributed by atoms with Crippen LogP contribution in [0, 0.1) is 0 Å². The molecular weight excluding hydrogens is 200 g/mol. The summed E-state index contributed by atoms with van der Waals surface area (Å²) < 4.78 is 0. The number of primary amides is 1. The molecule has 2 fully saturated rings. The van der Waals surface area contributed by atoms with Crippen LogP contribution in [0.4, 0.5) is 4.79 Å². The molecule has 0 saturated heterocycles. The Morgan fingerprint density at radius 3 is 1.50 bits per heavy atom. The lowest BCUT2D eigenvalue weighted by atomic mass is 9.89. The van der Waals surface area contributed by atoms with E-state index in [0.29, 0.717) is 12.1 Å². The highest BCUT2D eigenvalue weighted by Gasteiger charge is 2.30. The molecule has 92 valence electrons. The first-order valence-corrected chi connectivity index (χ1v) is 6.87. The average Bonchev–Trinajstić information content (AvgIpc) is 2.31. The number of rotatable bonds is 2. The summed E-state index contributed by atoms with van der Waals surface area (Å²) in [6, 6.07) is 0.697. The van der Waals surface area contributed by atoms with Gasteiger partial charge in [0.05, 0.1) is 0 Å². The number of hydrogen-bond donors (Lipinski definition) is 1. The Labute approximate surface area is 98.4 Å². The molecule has 0 aliphatic heterocycles. The Morgan fingerprint density at radius 1 is 0.812 bits per heavy atom. The van der Waals surface area contributed by atoms with Gasteiger partial charge in [0, 0.05) is 12.1 Å². The molecule has 0 atom stereocenters. The molecule has 0 bridgehead atoms. The first-order chi connectivity index (χ1) is 7.79. The lowest BCUT2D eigenvalue weighted by Crippen LogP contribution is -2.51. The van der Waals surface area contributed by atoms with Crippen molar-refractivity contribution >= 4 is 6.03 Å². The second-order valence-corrected chi connectivity index (χ2v) is 5.33. The number of hydrogen-bond acceptors (Lipinski definition) is 1. The van der Waals surface area contributed by atoms with Crippen molar-refractivity contribution in [2.75, 3.05) is 0 Å². The summed E-state index contributed by atoms with van der Waals surface area (Å²) in [6.07, 6.45) is 12.4. The number of amides is 2. The third-order valence-corrected chi connectivity index (χ3v) is 4.19. The van der Waals surface area contributed by atoms with Gasteiger partial charge in [0.15, 0.2) is 0 Å². The molecule has 3 nitrogen and oxygen atoms in total. The Bertz CT molecular complexity index is 212. The Hall–Kier alpha value is -0.730. The smallest absolute Gasteiger partial charge is 0.315 e. The predicted octanol–water partition coefficient (Wildman–Crippen LogP) is 3.03. The van der Waals surface area contributed by atoms with E-state index >= 15 is 0 Å². The SMILES string of the molecule is NC(=O)N(C1CCCCC1)C1CCCCC1. The molecule has 3 heteroatoms. The molecule has 0 spiro atoms. The molecule has 0 heterocycles. The van der Waals surface area contributed by atoms with E-state index in [1.54, 1.807) is 0 Å². The average molecular weight is 224 g/mol. The van der Waals surface area contributed by atoms with Crippen LogP contribution in [-0.4, -0.2) is 23.0 Å². The van der Waals surface area contributed by atoms with Crippen LogP contribution < -0.4 is 5.73 Å². The molecule has 2 aliphatic carbocycles. The highest BCUT2D eigenvalue weighted by molar-refractivity contribution is 5.72. The van der Waals surface area contributed by atoms with E-state index in [0.717, 1.165) is 0 Å². The van der Waals surface area contributed by atoms with E-state index in [9.17, 15) is 4.79 Å².